The molecular weight excluding hydrogens is 327 g/mol. The van der Waals surface area contributed by atoms with Crippen molar-refractivity contribution in [1.29, 1.82) is 0 Å². The minimum absolute atomic E-state index is 0.167. The molecule has 0 bridgehead atoms. The molecule has 0 aromatic heterocycles. The quantitative estimate of drug-likeness (QED) is 0.452. The molecule has 0 amide bonds. The summed E-state index contributed by atoms with van der Waals surface area (Å²) in [5, 5.41) is 0. The first kappa shape index (κ1) is 14.9. The first-order chi connectivity index (χ1) is 8.21. The minimum Gasteiger partial charge on any atom is -0.380 e. The van der Waals surface area contributed by atoms with Gasteiger partial charge in [0.2, 0.25) is 0 Å². The summed E-state index contributed by atoms with van der Waals surface area (Å²) in [6.45, 7) is 2.16. The zero-order valence-electron chi connectivity index (χ0n) is 10.4. The summed E-state index contributed by atoms with van der Waals surface area (Å²) in [5.74, 6) is 5.63. The SMILES string of the molecule is CCCC(OC)C(Cc1ccc(I)cc1)NN. The summed E-state index contributed by atoms with van der Waals surface area (Å²) < 4.78 is 6.75. The molecule has 2 atom stereocenters. The Morgan fingerprint density at radius 3 is 2.47 bits per heavy atom. The Balaban J connectivity index is 2.64. The third-order valence-electron chi connectivity index (χ3n) is 2.91. The van der Waals surface area contributed by atoms with Gasteiger partial charge in [-0.1, -0.05) is 25.5 Å². The number of ether oxygens (including phenoxy) is 1. The van der Waals surface area contributed by atoms with Crippen molar-refractivity contribution in [3.8, 4) is 0 Å². The first-order valence-electron chi connectivity index (χ1n) is 5.94. The molecule has 0 aliphatic rings. The van der Waals surface area contributed by atoms with Crippen molar-refractivity contribution in [2.75, 3.05) is 7.11 Å². The van der Waals surface area contributed by atoms with Gasteiger partial charge in [-0.25, -0.2) is 0 Å². The molecule has 0 radical (unpaired) electrons. The highest BCUT2D eigenvalue weighted by Crippen LogP contribution is 2.13. The molecular formula is C13H21IN2O. The van der Waals surface area contributed by atoms with Crippen LogP contribution in [0.3, 0.4) is 0 Å². The molecule has 1 rings (SSSR count). The monoisotopic (exact) mass is 348 g/mol. The third kappa shape index (κ3) is 4.91. The van der Waals surface area contributed by atoms with Crippen LogP contribution in [0.2, 0.25) is 0 Å². The number of halogens is 1. The van der Waals surface area contributed by atoms with E-state index >= 15 is 0 Å². The van der Waals surface area contributed by atoms with Gasteiger partial charge in [0, 0.05) is 10.7 Å². The topological polar surface area (TPSA) is 47.3 Å². The van der Waals surface area contributed by atoms with Gasteiger partial charge in [-0.3, -0.25) is 11.3 Å². The zero-order chi connectivity index (χ0) is 12.7. The smallest absolute Gasteiger partial charge is 0.0740 e. The third-order valence-corrected chi connectivity index (χ3v) is 3.63. The fourth-order valence-corrected chi connectivity index (χ4v) is 2.30. The van der Waals surface area contributed by atoms with Crippen LogP contribution in [0.4, 0.5) is 0 Å². The Kier molecular flexibility index (Phi) is 7.03. The van der Waals surface area contributed by atoms with E-state index in [-0.39, 0.29) is 12.1 Å². The molecule has 3 N–H and O–H groups in total. The van der Waals surface area contributed by atoms with Crippen LogP contribution in [0, 0.1) is 3.57 Å². The number of methoxy groups -OCH3 is 1. The summed E-state index contributed by atoms with van der Waals surface area (Å²) in [6, 6.07) is 8.69. The van der Waals surface area contributed by atoms with E-state index in [1.807, 2.05) is 0 Å². The van der Waals surface area contributed by atoms with E-state index in [0.717, 1.165) is 19.3 Å². The van der Waals surface area contributed by atoms with E-state index < -0.39 is 0 Å². The Morgan fingerprint density at radius 1 is 1.35 bits per heavy atom. The number of hydrogen-bond donors (Lipinski definition) is 2. The molecule has 0 spiro atoms. The van der Waals surface area contributed by atoms with Gasteiger partial charge in [0.15, 0.2) is 0 Å². The molecule has 96 valence electrons. The number of nitrogens with two attached hydrogens (primary N) is 1. The van der Waals surface area contributed by atoms with Gasteiger partial charge in [-0.05, 0) is 53.1 Å². The van der Waals surface area contributed by atoms with Gasteiger partial charge in [-0.2, -0.15) is 0 Å². The van der Waals surface area contributed by atoms with Gasteiger partial charge in [0.1, 0.15) is 0 Å². The first-order valence-corrected chi connectivity index (χ1v) is 7.02. The van der Waals surface area contributed by atoms with Crippen LogP contribution in [-0.2, 0) is 11.2 Å². The zero-order valence-corrected chi connectivity index (χ0v) is 12.6. The average Bonchev–Trinajstić information content (AvgIpc) is 2.36. The molecule has 0 saturated carbocycles. The number of nitrogens with one attached hydrogen (secondary N) is 1. The van der Waals surface area contributed by atoms with Crippen molar-refractivity contribution in [1.82, 2.24) is 5.43 Å². The molecule has 0 saturated heterocycles. The Hall–Kier alpha value is -0.170. The highest BCUT2D eigenvalue weighted by Gasteiger charge is 2.19. The van der Waals surface area contributed by atoms with Gasteiger partial charge in [0.05, 0.1) is 12.1 Å². The van der Waals surface area contributed by atoms with Crippen LogP contribution in [-0.4, -0.2) is 19.3 Å². The van der Waals surface area contributed by atoms with E-state index in [0.29, 0.717) is 0 Å². The lowest BCUT2D eigenvalue weighted by atomic mass is 9.99. The fourth-order valence-electron chi connectivity index (χ4n) is 1.94. The average molecular weight is 348 g/mol. The van der Waals surface area contributed by atoms with Crippen molar-refractivity contribution in [3.63, 3.8) is 0 Å². The number of benzene rings is 1. The maximum atomic E-state index is 5.63. The van der Waals surface area contributed by atoms with Crippen molar-refractivity contribution in [3.05, 3.63) is 33.4 Å². The molecule has 1 aromatic rings. The summed E-state index contributed by atoms with van der Waals surface area (Å²) in [4.78, 5) is 0. The molecule has 3 nitrogen and oxygen atoms in total. The van der Waals surface area contributed by atoms with Crippen LogP contribution < -0.4 is 11.3 Å². The summed E-state index contributed by atoms with van der Waals surface area (Å²) in [6.07, 6.45) is 3.19. The lowest BCUT2D eigenvalue weighted by Gasteiger charge is -2.25. The van der Waals surface area contributed by atoms with Crippen LogP contribution in [0.1, 0.15) is 25.3 Å². The minimum atomic E-state index is 0.167. The molecule has 17 heavy (non-hydrogen) atoms. The highest BCUT2D eigenvalue weighted by molar-refractivity contribution is 14.1. The second kappa shape index (κ2) is 8.02. The van der Waals surface area contributed by atoms with E-state index in [2.05, 4.69) is 59.2 Å². The van der Waals surface area contributed by atoms with E-state index in [9.17, 15) is 0 Å². The van der Waals surface area contributed by atoms with Gasteiger partial charge in [0.25, 0.3) is 0 Å². The molecule has 0 fully saturated rings. The van der Waals surface area contributed by atoms with E-state index in [1.165, 1.54) is 9.13 Å². The predicted octanol–water partition coefficient (Wildman–Crippen LogP) is 2.48. The summed E-state index contributed by atoms with van der Waals surface area (Å²) in [7, 11) is 1.75. The van der Waals surface area contributed by atoms with E-state index in [4.69, 9.17) is 10.6 Å². The Labute approximate surface area is 117 Å². The van der Waals surface area contributed by atoms with Crippen molar-refractivity contribution in [2.24, 2.45) is 5.84 Å². The van der Waals surface area contributed by atoms with Gasteiger partial charge in [-0.15, -0.1) is 0 Å². The summed E-state index contributed by atoms with van der Waals surface area (Å²) >= 11 is 2.31. The molecule has 2 unspecified atom stereocenters. The largest absolute Gasteiger partial charge is 0.380 e. The normalized spacial score (nSPS) is 14.6. The number of rotatable bonds is 7. The lowest BCUT2D eigenvalue weighted by molar-refractivity contribution is 0.0609. The predicted molar refractivity (Wildman–Crippen MR) is 79.7 cm³/mol. The Bertz CT molecular complexity index is 316. The summed E-state index contributed by atoms with van der Waals surface area (Å²) in [5.41, 5.74) is 4.16. The van der Waals surface area contributed by atoms with Crippen LogP contribution in [0.15, 0.2) is 24.3 Å². The maximum Gasteiger partial charge on any atom is 0.0740 e. The fraction of sp³-hybridized carbons (Fsp3) is 0.538. The van der Waals surface area contributed by atoms with E-state index in [1.54, 1.807) is 7.11 Å². The molecule has 0 aliphatic heterocycles. The van der Waals surface area contributed by atoms with Crippen LogP contribution in [0.5, 0.6) is 0 Å². The maximum absolute atomic E-state index is 5.63. The highest BCUT2D eigenvalue weighted by atomic mass is 127. The van der Waals surface area contributed by atoms with Crippen LogP contribution >= 0.6 is 22.6 Å². The molecule has 0 heterocycles. The van der Waals surface area contributed by atoms with Crippen molar-refractivity contribution >= 4 is 22.6 Å². The van der Waals surface area contributed by atoms with Crippen molar-refractivity contribution < 1.29 is 4.74 Å². The number of hydrogen-bond acceptors (Lipinski definition) is 3. The molecule has 1 aromatic carbocycles. The van der Waals surface area contributed by atoms with Crippen LogP contribution in [0.25, 0.3) is 0 Å². The van der Waals surface area contributed by atoms with Gasteiger partial charge >= 0.3 is 0 Å². The molecule has 0 aliphatic carbocycles. The Morgan fingerprint density at radius 2 is 2.00 bits per heavy atom. The molecule has 4 heteroatoms. The lowest BCUT2D eigenvalue weighted by Crippen LogP contribution is -2.46. The van der Waals surface area contributed by atoms with Crippen molar-refractivity contribution in [2.45, 2.75) is 38.3 Å². The second-order valence-corrected chi connectivity index (χ2v) is 5.41. The second-order valence-electron chi connectivity index (χ2n) is 4.17. The number of hydrazine groups is 1. The van der Waals surface area contributed by atoms with Gasteiger partial charge < -0.3 is 4.74 Å². The standard InChI is InChI=1S/C13H21IN2O/c1-3-4-13(17-2)12(16-15)9-10-5-7-11(14)8-6-10/h5-8,12-13,16H,3-4,9,15H2,1-2H3.